The Morgan fingerprint density at radius 2 is 1.80 bits per heavy atom. The lowest BCUT2D eigenvalue weighted by Gasteiger charge is -2.27. The predicted molar refractivity (Wildman–Crippen MR) is 40.7 cm³/mol. The quantitative estimate of drug-likeness (QED) is 0.489. The van der Waals surface area contributed by atoms with Crippen molar-refractivity contribution in [3.63, 3.8) is 0 Å². The van der Waals surface area contributed by atoms with Crippen LogP contribution in [0.1, 0.15) is 12.8 Å². The van der Waals surface area contributed by atoms with E-state index < -0.39 is 7.12 Å². The zero-order valence-corrected chi connectivity index (χ0v) is 6.32. The number of nitrogens with zero attached hydrogens (tertiary/aromatic N) is 1. The molecule has 1 rings (SSSR count). The van der Waals surface area contributed by atoms with Crippen molar-refractivity contribution < 1.29 is 10.0 Å². The molecule has 1 aliphatic heterocycles. The molecule has 1 saturated heterocycles. The van der Waals surface area contributed by atoms with Crippen LogP contribution in [0.15, 0.2) is 0 Å². The van der Waals surface area contributed by atoms with Gasteiger partial charge in [0.2, 0.25) is 0 Å². The average Bonchev–Trinajstić information content (AvgIpc) is 1.88. The molecule has 1 aliphatic rings. The van der Waals surface area contributed by atoms with E-state index in [1.807, 2.05) is 0 Å². The molecule has 3 nitrogen and oxygen atoms in total. The van der Waals surface area contributed by atoms with Crippen LogP contribution in [0.25, 0.3) is 0 Å². The summed E-state index contributed by atoms with van der Waals surface area (Å²) in [7, 11) is 0.952. The van der Waals surface area contributed by atoms with Crippen molar-refractivity contribution in [3.8, 4) is 0 Å². The highest BCUT2D eigenvalue weighted by Crippen LogP contribution is 2.22. The molecule has 58 valence electrons. The van der Waals surface area contributed by atoms with Gasteiger partial charge in [-0.05, 0) is 38.8 Å². The van der Waals surface area contributed by atoms with Crippen molar-refractivity contribution in [2.75, 3.05) is 20.1 Å². The molecule has 4 heteroatoms. The van der Waals surface area contributed by atoms with Gasteiger partial charge in [0.05, 0.1) is 0 Å². The van der Waals surface area contributed by atoms with Gasteiger partial charge >= 0.3 is 7.12 Å². The fourth-order valence-corrected chi connectivity index (χ4v) is 1.33. The second-order valence-electron chi connectivity index (χ2n) is 3.05. The van der Waals surface area contributed by atoms with E-state index in [9.17, 15) is 0 Å². The van der Waals surface area contributed by atoms with Crippen molar-refractivity contribution >= 4 is 7.12 Å². The van der Waals surface area contributed by atoms with Crippen molar-refractivity contribution in [2.24, 2.45) is 0 Å². The lowest BCUT2D eigenvalue weighted by molar-refractivity contribution is 0.253. The highest BCUT2D eigenvalue weighted by molar-refractivity contribution is 6.43. The van der Waals surface area contributed by atoms with Crippen LogP contribution in [0.2, 0.25) is 5.82 Å². The van der Waals surface area contributed by atoms with Crippen LogP contribution in [0.4, 0.5) is 0 Å². The molecule has 0 aromatic heterocycles. The topological polar surface area (TPSA) is 43.7 Å². The molecular formula is C6H14BNO2. The minimum Gasteiger partial charge on any atom is -0.427 e. The monoisotopic (exact) mass is 143 g/mol. The molecule has 0 saturated carbocycles. The lowest BCUT2D eigenvalue weighted by atomic mass is 9.68. The van der Waals surface area contributed by atoms with E-state index in [0.717, 1.165) is 25.9 Å². The molecule has 0 radical (unpaired) electrons. The summed E-state index contributed by atoms with van der Waals surface area (Å²) in [6.45, 7) is 1.98. The third-order valence-electron chi connectivity index (χ3n) is 2.18. The van der Waals surface area contributed by atoms with Crippen LogP contribution >= 0.6 is 0 Å². The van der Waals surface area contributed by atoms with E-state index in [2.05, 4.69) is 11.9 Å². The maximum absolute atomic E-state index is 8.80. The van der Waals surface area contributed by atoms with E-state index >= 15 is 0 Å². The third-order valence-corrected chi connectivity index (χ3v) is 2.18. The highest BCUT2D eigenvalue weighted by atomic mass is 16.4. The molecule has 0 aliphatic carbocycles. The summed E-state index contributed by atoms with van der Waals surface area (Å²) < 4.78 is 0. The van der Waals surface area contributed by atoms with Crippen molar-refractivity contribution in [1.82, 2.24) is 4.90 Å². The largest absolute Gasteiger partial charge is 0.454 e. The maximum Gasteiger partial charge on any atom is 0.454 e. The zero-order valence-electron chi connectivity index (χ0n) is 6.32. The standard InChI is InChI=1S/C6H14BNO2/c1-8-4-2-6(3-5-8)7(9)10/h6,9-10H,2-5H2,1H3. The Hall–Kier alpha value is -0.0551. The van der Waals surface area contributed by atoms with Crippen LogP contribution in [0.3, 0.4) is 0 Å². The number of hydrogen-bond acceptors (Lipinski definition) is 3. The normalized spacial score (nSPS) is 23.1. The minimum atomic E-state index is -1.10. The summed E-state index contributed by atoms with van der Waals surface area (Å²) in [6.07, 6.45) is 1.82. The summed E-state index contributed by atoms with van der Waals surface area (Å²) in [5, 5.41) is 17.6. The molecule has 0 atom stereocenters. The van der Waals surface area contributed by atoms with Gasteiger partial charge < -0.3 is 14.9 Å². The van der Waals surface area contributed by atoms with E-state index in [1.165, 1.54) is 0 Å². The zero-order chi connectivity index (χ0) is 7.56. The number of rotatable bonds is 1. The summed E-state index contributed by atoms with van der Waals surface area (Å²) >= 11 is 0. The van der Waals surface area contributed by atoms with E-state index in [1.54, 1.807) is 0 Å². The molecule has 0 amide bonds. The van der Waals surface area contributed by atoms with Gasteiger partial charge in [-0.15, -0.1) is 0 Å². The van der Waals surface area contributed by atoms with Gasteiger partial charge in [-0.3, -0.25) is 0 Å². The first-order valence-corrected chi connectivity index (χ1v) is 3.75. The Labute approximate surface area is 61.8 Å². The Morgan fingerprint density at radius 1 is 1.30 bits per heavy atom. The van der Waals surface area contributed by atoms with Gasteiger partial charge in [0.15, 0.2) is 0 Å². The van der Waals surface area contributed by atoms with Crippen LogP contribution < -0.4 is 0 Å². The van der Waals surface area contributed by atoms with E-state index in [4.69, 9.17) is 10.0 Å². The van der Waals surface area contributed by atoms with Crippen LogP contribution in [0, 0.1) is 0 Å². The SMILES string of the molecule is CN1CCC(B(O)O)CC1. The molecule has 0 aromatic carbocycles. The maximum atomic E-state index is 8.80. The van der Waals surface area contributed by atoms with Crippen molar-refractivity contribution in [2.45, 2.75) is 18.7 Å². The molecule has 1 heterocycles. The van der Waals surface area contributed by atoms with Gasteiger partial charge in [-0.2, -0.15) is 0 Å². The van der Waals surface area contributed by atoms with Crippen molar-refractivity contribution in [1.29, 1.82) is 0 Å². The summed E-state index contributed by atoms with van der Waals surface area (Å²) in [5.41, 5.74) is 0. The number of likely N-dealkylation sites (tertiary alicyclic amines) is 1. The summed E-state index contributed by atoms with van der Waals surface area (Å²) in [5.74, 6) is 0.108. The smallest absolute Gasteiger partial charge is 0.427 e. The lowest BCUT2D eigenvalue weighted by Crippen LogP contribution is -2.34. The van der Waals surface area contributed by atoms with Gasteiger partial charge in [-0.1, -0.05) is 0 Å². The number of hydrogen-bond donors (Lipinski definition) is 2. The second kappa shape index (κ2) is 3.37. The fraction of sp³-hybridized carbons (Fsp3) is 1.00. The first-order chi connectivity index (χ1) is 4.70. The molecule has 0 aromatic rings. The van der Waals surface area contributed by atoms with E-state index in [0.29, 0.717) is 0 Å². The Balaban J connectivity index is 2.26. The summed E-state index contributed by atoms with van der Waals surface area (Å²) in [6, 6.07) is 0. The molecule has 10 heavy (non-hydrogen) atoms. The molecular weight excluding hydrogens is 129 g/mol. The van der Waals surface area contributed by atoms with E-state index in [-0.39, 0.29) is 5.82 Å². The molecule has 0 bridgehead atoms. The minimum absolute atomic E-state index is 0.108. The molecule has 1 fully saturated rings. The predicted octanol–water partition coefficient (Wildman–Crippen LogP) is -0.445. The Kier molecular flexibility index (Phi) is 2.71. The van der Waals surface area contributed by atoms with Crippen molar-refractivity contribution in [3.05, 3.63) is 0 Å². The first-order valence-electron chi connectivity index (χ1n) is 3.75. The van der Waals surface area contributed by atoms with Gasteiger partial charge in [-0.25, -0.2) is 0 Å². The molecule has 2 N–H and O–H groups in total. The average molecular weight is 143 g/mol. The van der Waals surface area contributed by atoms with Crippen LogP contribution in [0.5, 0.6) is 0 Å². The number of piperidine rings is 1. The second-order valence-corrected chi connectivity index (χ2v) is 3.05. The molecule has 0 spiro atoms. The highest BCUT2D eigenvalue weighted by Gasteiger charge is 2.26. The third kappa shape index (κ3) is 1.97. The summed E-state index contributed by atoms with van der Waals surface area (Å²) in [4.78, 5) is 2.21. The molecule has 0 unspecified atom stereocenters. The van der Waals surface area contributed by atoms with Gasteiger partial charge in [0.1, 0.15) is 0 Å². The van der Waals surface area contributed by atoms with Crippen LogP contribution in [-0.4, -0.2) is 42.2 Å². The van der Waals surface area contributed by atoms with Gasteiger partial charge in [0, 0.05) is 0 Å². The Morgan fingerprint density at radius 3 is 2.20 bits per heavy atom. The van der Waals surface area contributed by atoms with Gasteiger partial charge in [0.25, 0.3) is 0 Å². The first kappa shape index (κ1) is 8.05. The fourth-order valence-electron chi connectivity index (χ4n) is 1.33. The van der Waals surface area contributed by atoms with Crippen LogP contribution in [-0.2, 0) is 0 Å². The Bertz CT molecular complexity index is 102.